The highest BCUT2D eigenvalue weighted by Gasteiger charge is 2.21. The maximum absolute atomic E-state index is 4.08. The molecule has 1 N–H and O–H groups in total. The highest BCUT2D eigenvalue weighted by atomic mass is 32.1. The van der Waals surface area contributed by atoms with Gasteiger partial charge in [0.1, 0.15) is 0 Å². The van der Waals surface area contributed by atoms with Crippen molar-refractivity contribution in [2.45, 2.75) is 25.3 Å². The van der Waals surface area contributed by atoms with Gasteiger partial charge in [-0.3, -0.25) is 0 Å². The summed E-state index contributed by atoms with van der Waals surface area (Å²) in [4.78, 5) is 1.35. The molecule has 1 aromatic rings. The molecule has 1 aliphatic rings. The van der Waals surface area contributed by atoms with Crippen molar-refractivity contribution in [2.24, 2.45) is 0 Å². The Morgan fingerprint density at radius 1 is 1.64 bits per heavy atom. The Bertz CT molecular complexity index is 246. The second-order valence-corrected chi connectivity index (χ2v) is 3.60. The van der Waals surface area contributed by atoms with Gasteiger partial charge in [-0.05, 0) is 37.8 Å². The molecule has 3 nitrogen and oxygen atoms in total. The third-order valence-electron chi connectivity index (χ3n) is 2.16. The largest absolute Gasteiger partial charge is 0.312 e. The fourth-order valence-electron chi connectivity index (χ4n) is 1.53. The highest BCUT2D eigenvalue weighted by Crippen LogP contribution is 2.30. The van der Waals surface area contributed by atoms with Crippen LogP contribution in [0.1, 0.15) is 29.5 Å². The first-order chi connectivity index (χ1) is 5.42. The van der Waals surface area contributed by atoms with E-state index in [1.807, 2.05) is 7.05 Å². The van der Waals surface area contributed by atoms with Crippen LogP contribution in [0.3, 0.4) is 0 Å². The second kappa shape index (κ2) is 2.87. The molecule has 0 aromatic carbocycles. The Hall–Kier alpha value is -0.480. The van der Waals surface area contributed by atoms with Gasteiger partial charge in [0.05, 0.1) is 10.6 Å². The summed E-state index contributed by atoms with van der Waals surface area (Å²) in [5.41, 5.74) is 1.21. The fourth-order valence-corrected chi connectivity index (χ4v) is 2.37. The number of hydrogen-bond donors (Lipinski definition) is 1. The molecule has 0 saturated heterocycles. The first-order valence-electron chi connectivity index (χ1n) is 3.90. The number of aromatic nitrogens is 2. The maximum Gasteiger partial charge on any atom is 0.0803 e. The molecule has 0 aliphatic heterocycles. The van der Waals surface area contributed by atoms with Gasteiger partial charge in [0, 0.05) is 6.04 Å². The highest BCUT2D eigenvalue weighted by molar-refractivity contribution is 7.05. The summed E-state index contributed by atoms with van der Waals surface area (Å²) in [6, 6.07) is 0.513. The van der Waals surface area contributed by atoms with Crippen LogP contribution < -0.4 is 5.32 Å². The van der Waals surface area contributed by atoms with Gasteiger partial charge in [-0.1, -0.05) is 4.49 Å². The van der Waals surface area contributed by atoms with Crippen LogP contribution in [0, 0.1) is 0 Å². The molecule has 1 aliphatic carbocycles. The predicted octanol–water partition coefficient (Wildman–Crippen LogP) is 1.13. The van der Waals surface area contributed by atoms with Crippen LogP contribution in [0.2, 0.25) is 0 Å². The molecule has 60 valence electrons. The lowest BCUT2D eigenvalue weighted by Crippen LogP contribution is -2.19. The van der Waals surface area contributed by atoms with Crippen LogP contribution in [0.4, 0.5) is 0 Å². The summed E-state index contributed by atoms with van der Waals surface area (Å²) >= 11 is 1.53. The van der Waals surface area contributed by atoms with Crippen molar-refractivity contribution in [1.29, 1.82) is 0 Å². The second-order valence-electron chi connectivity index (χ2n) is 2.82. The van der Waals surface area contributed by atoms with Crippen molar-refractivity contribution >= 4 is 11.5 Å². The molecular weight excluding hydrogens is 158 g/mol. The first kappa shape index (κ1) is 7.18. The molecule has 0 fully saturated rings. The van der Waals surface area contributed by atoms with Crippen molar-refractivity contribution in [1.82, 2.24) is 14.9 Å². The van der Waals surface area contributed by atoms with E-state index in [0.29, 0.717) is 6.04 Å². The molecule has 0 saturated carbocycles. The normalized spacial score (nSPS) is 23.2. The van der Waals surface area contributed by atoms with Crippen LogP contribution in [-0.4, -0.2) is 16.6 Å². The number of aryl methyl sites for hydroxylation is 1. The minimum Gasteiger partial charge on any atom is -0.312 e. The lowest BCUT2D eigenvalue weighted by Gasteiger charge is -2.18. The molecule has 4 heteroatoms. The van der Waals surface area contributed by atoms with Gasteiger partial charge in [0.25, 0.3) is 0 Å². The van der Waals surface area contributed by atoms with Gasteiger partial charge in [-0.2, -0.15) is 0 Å². The summed E-state index contributed by atoms with van der Waals surface area (Å²) in [7, 11) is 2.00. The Labute approximate surface area is 70.0 Å². The molecule has 1 aromatic heterocycles. The lowest BCUT2D eigenvalue weighted by molar-refractivity contribution is 0.500. The van der Waals surface area contributed by atoms with E-state index in [9.17, 15) is 0 Å². The zero-order valence-corrected chi connectivity index (χ0v) is 7.32. The lowest BCUT2D eigenvalue weighted by atomic mass is 9.98. The number of nitrogens with zero attached hydrogens (tertiary/aromatic N) is 2. The van der Waals surface area contributed by atoms with Crippen LogP contribution in [0.15, 0.2) is 0 Å². The molecule has 2 rings (SSSR count). The van der Waals surface area contributed by atoms with Crippen LogP contribution in [-0.2, 0) is 6.42 Å². The summed E-state index contributed by atoms with van der Waals surface area (Å²) in [5, 5.41) is 7.36. The summed E-state index contributed by atoms with van der Waals surface area (Å²) in [6.45, 7) is 0. The van der Waals surface area contributed by atoms with Crippen molar-refractivity contribution in [3.8, 4) is 0 Å². The van der Waals surface area contributed by atoms with E-state index < -0.39 is 0 Å². The fraction of sp³-hybridized carbons (Fsp3) is 0.714. The average Bonchev–Trinajstić information content (AvgIpc) is 2.50. The molecule has 0 spiro atoms. The minimum absolute atomic E-state index is 0.513. The number of hydrogen-bond acceptors (Lipinski definition) is 4. The SMILES string of the molecule is CNC1CCCc2nnsc21. The van der Waals surface area contributed by atoms with Gasteiger partial charge in [-0.25, -0.2) is 0 Å². The van der Waals surface area contributed by atoms with E-state index >= 15 is 0 Å². The Morgan fingerprint density at radius 2 is 2.55 bits per heavy atom. The zero-order chi connectivity index (χ0) is 7.68. The molecular formula is C7H11N3S. The molecule has 1 unspecified atom stereocenters. The van der Waals surface area contributed by atoms with Gasteiger partial charge in [-0.15, -0.1) is 5.10 Å². The van der Waals surface area contributed by atoms with Crippen LogP contribution >= 0.6 is 11.5 Å². The third-order valence-corrected chi connectivity index (χ3v) is 3.04. The minimum atomic E-state index is 0.513. The van der Waals surface area contributed by atoms with Crippen molar-refractivity contribution < 1.29 is 0 Å². The van der Waals surface area contributed by atoms with Crippen molar-refractivity contribution in [3.05, 3.63) is 10.6 Å². The molecule has 1 atom stereocenters. The maximum atomic E-state index is 4.08. The Balaban J connectivity index is 2.32. The van der Waals surface area contributed by atoms with Gasteiger partial charge in [0.15, 0.2) is 0 Å². The Morgan fingerprint density at radius 3 is 3.36 bits per heavy atom. The quantitative estimate of drug-likeness (QED) is 0.685. The topological polar surface area (TPSA) is 37.8 Å². The first-order valence-corrected chi connectivity index (χ1v) is 4.67. The number of rotatable bonds is 1. The van der Waals surface area contributed by atoms with Crippen LogP contribution in [0.5, 0.6) is 0 Å². The standard InChI is InChI=1S/C7H11N3S/c1-8-5-3-2-4-6-7(5)11-10-9-6/h5,8H,2-4H2,1H3. The molecule has 1 heterocycles. The van der Waals surface area contributed by atoms with E-state index in [-0.39, 0.29) is 0 Å². The third kappa shape index (κ3) is 1.16. The van der Waals surface area contributed by atoms with E-state index in [4.69, 9.17) is 0 Å². The van der Waals surface area contributed by atoms with Crippen molar-refractivity contribution in [2.75, 3.05) is 7.05 Å². The van der Waals surface area contributed by atoms with E-state index in [1.54, 1.807) is 0 Å². The summed E-state index contributed by atoms with van der Waals surface area (Å²) in [5.74, 6) is 0. The van der Waals surface area contributed by atoms with Crippen LogP contribution in [0.25, 0.3) is 0 Å². The van der Waals surface area contributed by atoms with Crippen molar-refractivity contribution in [3.63, 3.8) is 0 Å². The van der Waals surface area contributed by atoms with Gasteiger partial charge < -0.3 is 5.32 Å². The van der Waals surface area contributed by atoms with E-state index in [0.717, 1.165) is 6.42 Å². The predicted molar refractivity (Wildman–Crippen MR) is 44.6 cm³/mol. The monoisotopic (exact) mass is 169 g/mol. The summed E-state index contributed by atoms with van der Waals surface area (Å²) < 4.78 is 3.95. The number of fused-ring (bicyclic) bond motifs is 1. The molecule has 11 heavy (non-hydrogen) atoms. The van der Waals surface area contributed by atoms with Gasteiger partial charge in [0.2, 0.25) is 0 Å². The molecule has 0 radical (unpaired) electrons. The van der Waals surface area contributed by atoms with E-state index in [1.165, 1.54) is 34.9 Å². The van der Waals surface area contributed by atoms with E-state index in [2.05, 4.69) is 14.9 Å². The van der Waals surface area contributed by atoms with Gasteiger partial charge >= 0.3 is 0 Å². The number of nitrogens with one attached hydrogen (secondary N) is 1. The average molecular weight is 169 g/mol. The molecule has 0 bridgehead atoms. The Kier molecular flexibility index (Phi) is 1.87. The molecule has 0 amide bonds. The zero-order valence-electron chi connectivity index (χ0n) is 6.50. The summed E-state index contributed by atoms with van der Waals surface area (Å²) in [6.07, 6.45) is 3.58. The smallest absolute Gasteiger partial charge is 0.0803 e.